The highest BCUT2D eigenvalue weighted by Crippen LogP contribution is 2.20. The molecule has 1 saturated heterocycles. The number of amides is 2. The van der Waals surface area contributed by atoms with E-state index in [1.165, 1.54) is 18.9 Å². The molecule has 1 aliphatic heterocycles. The number of nitrogens with zero attached hydrogens (tertiary/aromatic N) is 2. The van der Waals surface area contributed by atoms with Gasteiger partial charge in [0.15, 0.2) is 0 Å². The van der Waals surface area contributed by atoms with E-state index in [1.807, 2.05) is 0 Å². The SMILES string of the molecule is COCCN1CCN(CC(C)OC(F)(F)F)C1=O. The Morgan fingerprint density at radius 3 is 2.50 bits per heavy atom. The summed E-state index contributed by atoms with van der Waals surface area (Å²) in [5.41, 5.74) is 0. The minimum absolute atomic E-state index is 0.0676. The topological polar surface area (TPSA) is 42.0 Å². The van der Waals surface area contributed by atoms with Crippen molar-refractivity contribution in [3.05, 3.63) is 0 Å². The number of urea groups is 1. The molecule has 2 amide bonds. The summed E-state index contributed by atoms with van der Waals surface area (Å²) in [5, 5.41) is 0. The maximum absolute atomic E-state index is 12.0. The van der Waals surface area contributed by atoms with Gasteiger partial charge in [0.25, 0.3) is 0 Å². The Kier molecular flexibility index (Phi) is 5.21. The van der Waals surface area contributed by atoms with Crippen LogP contribution in [0.3, 0.4) is 0 Å². The highest BCUT2D eigenvalue weighted by Gasteiger charge is 2.35. The average Bonchev–Trinajstić information content (AvgIpc) is 2.55. The van der Waals surface area contributed by atoms with E-state index in [1.54, 1.807) is 4.90 Å². The Bertz CT molecular complexity index is 286. The van der Waals surface area contributed by atoms with Crippen molar-refractivity contribution in [2.45, 2.75) is 19.4 Å². The van der Waals surface area contributed by atoms with Gasteiger partial charge in [-0.25, -0.2) is 4.79 Å². The molecule has 0 N–H and O–H groups in total. The second-order valence-corrected chi connectivity index (χ2v) is 4.08. The van der Waals surface area contributed by atoms with Crippen LogP contribution in [0.4, 0.5) is 18.0 Å². The van der Waals surface area contributed by atoms with Gasteiger partial charge in [-0.15, -0.1) is 13.2 Å². The van der Waals surface area contributed by atoms with Crippen LogP contribution in [-0.4, -0.2) is 68.2 Å². The predicted molar refractivity (Wildman–Crippen MR) is 57.0 cm³/mol. The molecule has 1 heterocycles. The number of ether oxygens (including phenoxy) is 2. The molecule has 0 aromatic rings. The van der Waals surface area contributed by atoms with Gasteiger partial charge in [-0.2, -0.15) is 0 Å². The van der Waals surface area contributed by atoms with E-state index in [0.717, 1.165) is 0 Å². The Hall–Kier alpha value is -1.02. The zero-order valence-corrected chi connectivity index (χ0v) is 10.4. The minimum Gasteiger partial charge on any atom is -0.383 e. The highest BCUT2D eigenvalue weighted by atomic mass is 19.4. The van der Waals surface area contributed by atoms with Crippen molar-refractivity contribution in [2.24, 2.45) is 0 Å². The van der Waals surface area contributed by atoms with Gasteiger partial charge < -0.3 is 14.5 Å². The van der Waals surface area contributed by atoms with Gasteiger partial charge in [-0.1, -0.05) is 0 Å². The Morgan fingerprint density at radius 1 is 1.33 bits per heavy atom. The maximum atomic E-state index is 12.0. The van der Waals surface area contributed by atoms with Crippen LogP contribution in [0.1, 0.15) is 6.92 Å². The maximum Gasteiger partial charge on any atom is 0.522 e. The molecule has 5 nitrogen and oxygen atoms in total. The summed E-state index contributed by atoms with van der Waals surface area (Å²) in [7, 11) is 1.53. The summed E-state index contributed by atoms with van der Waals surface area (Å²) in [6, 6.07) is -0.273. The van der Waals surface area contributed by atoms with E-state index in [9.17, 15) is 18.0 Å². The van der Waals surface area contributed by atoms with Crippen molar-refractivity contribution >= 4 is 6.03 Å². The molecule has 0 saturated carbocycles. The molecule has 1 fully saturated rings. The van der Waals surface area contributed by atoms with Gasteiger partial charge in [0.1, 0.15) is 0 Å². The number of carbonyl (C=O) groups is 1. The number of carbonyl (C=O) groups excluding carboxylic acids is 1. The van der Waals surface area contributed by atoms with E-state index in [-0.39, 0.29) is 12.6 Å². The van der Waals surface area contributed by atoms with Gasteiger partial charge in [-0.05, 0) is 6.92 Å². The molecule has 0 radical (unpaired) electrons. The number of hydrogen-bond donors (Lipinski definition) is 0. The number of rotatable bonds is 6. The first-order valence-electron chi connectivity index (χ1n) is 5.61. The lowest BCUT2D eigenvalue weighted by molar-refractivity contribution is -0.340. The predicted octanol–water partition coefficient (Wildman–Crippen LogP) is 1.30. The molecule has 0 aromatic carbocycles. The summed E-state index contributed by atoms with van der Waals surface area (Å²) in [6.45, 7) is 2.99. The minimum atomic E-state index is -4.67. The third-order valence-corrected chi connectivity index (χ3v) is 2.56. The molecule has 18 heavy (non-hydrogen) atoms. The molecule has 0 aromatic heterocycles. The summed E-state index contributed by atoms with van der Waals surface area (Å²) in [6.07, 6.45) is -5.74. The van der Waals surface area contributed by atoms with Crippen LogP contribution in [0.25, 0.3) is 0 Å². The van der Waals surface area contributed by atoms with Crippen molar-refractivity contribution in [2.75, 3.05) is 39.9 Å². The first-order valence-corrected chi connectivity index (χ1v) is 5.61. The average molecular weight is 270 g/mol. The van der Waals surface area contributed by atoms with E-state index >= 15 is 0 Å². The smallest absolute Gasteiger partial charge is 0.383 e. The van der Waals surface area contributed by atoms with Crippen LogP contribution in [0, 0.1) is 0 Å². The third kappa shape index (κ3) is 4.69. The fourth-order valence-corrected chi connectivity index (χ4v) is 1.79. The Labute approximate surface area is 103 Å². The largest absolute Gasteiger partial charge is 0.522 e. The van der Waals surface area contributed by atoms with E-state index in [4.69, 9.17) is 4.74 Å². The van der Waals surface area contributed by atoms with Crippen molar-refractivity contribution in [3.63, 3.8) is 0 Å². The number of alkyl halides is 3. The van der Waals surface area contributed by atoms with Crippen LogP contribution in [0.5, 0.6) is 0 Å². The summed E-state index contributed by atoms with van der Waals surface area (Å²) < 4.78 is 44.6. The highest BCUT2D eigenvalue weighted by molar-refractivity contribution is 5.76. The van der Waals surface area contributed by atoms with Gasteiger partial charge in [0.05, 0.1) is 12.7 Å². The van der Waals surface area contributed by atoms with Crippen LogP contribution in [0.2, 0.25) is 0 Å². The molecule has 0 spiro atoms. The fourth-order valence-electron chi connectivity index (χ4n) is 1.79. The first-order chi connectivity index (χ1) is 8.33. The second kappa shape index (κ2) is 6.24. The number of methoxy groups -OCH3 is 1. The number of hydrogen-bond acceptors (Lipinski definition) is 3. The molecular weight excluding hydrogens is 253 g/mol. The van der Waals surface area contributed by atoms with E-state index < -0.39 is 12.5 Å². The zero-order chi connectivity index (χ0) is 13.8. The molecule has 0 bridgehead atoms. The molecule has 8 heteroatoms. The fraction of sp³-hybridized carbons (Fsp3) is 0.900. The summed E-state index contributed by atoms with van der Waals surface area (Å²) in [5.74, 6) is 0. The molecule has 0 aliphatic carbocycles. The van der Waals surface area contributed by atoms with Crippen molar-refractivity contribution < 1.29 is 27.4 Å². The molecular formula is C10H17F3N2O3. The standard InChI is InChI=1S/C10H17F3N2O3/c1-8(18-10(11,12)13)7-15-4-3-14(9(15)16)5-6-17-2/h8H,3-7H2,1-2H3. The first kappa shape index (κ1) is 15.0. The molecule has 1 rings (SSSR count). The van der Waals surface area contributed by atoms with Gasteiger partial charge in [0, 0.05) is 33.3 Å². The zero-order valence-electron chi connectivity index (χ0n) is 10.4. The van der Waals surface area contributed by atoms with Crippen molar-refractivity contribution in [1.29, 1.82) is 0 Å². The van der Waals surface area contributed by atoms with Crippen molar-refractivity contribution in [1.82, 2.24) is 9.80 Å². The normalized spacial score (nSPS) is 18.6. The lowest BCUT2D eigenvalue weighted by Gasteiger charge is -2.22. The molecule has 1 unspecified atom stereocenters. The lowest BCUT2D eigenvalue weighted by atomic mass is 10.4. The van der Waals surface area contributed by atoms with Crippen LogP contribution >= 0.6 is 0 Å². The molecule has 1 aliphatic rings. The third-order valence-electron chi connectivity index (χ3n) is 2.56. The summed E-state index contributed by atoms with van der Waals surface area (Å²) >= 11 is 0. The Balaban J connectivity index is 2.38. The monoisotopic (exact) mass is 270 g/mol. The number of halogens is 3. The second-order valence-electron chi connectivity index (χ2n) is 4.08. The molecule has 106 valence electrons. The van der Waals surface area contributed by atoms with E-state index in [0.29, 0.717) is 26.2 Å². The van der Waals surface area contributed by atoms with Gasteiger partial charge in [-0.3, -0.25) is 4.74 Å². The summed E-state index contributed by atoms with van der Waals surface area (Å²) in [4.78, 5) is 14.7. The van der Waals surface area contributed by atoms with Crippen LogP contribution in [0.15, 0.2) is 0 Å². The van der Waals surface area contributed by atoms with Crippen molar-refractivity contribution in [3.8, 4) is 0 Å². The molecule has 1 atom stereocenters. The van der Waals surface area contributed by atoms with Crippen LogP contribution < -0.4 is 0 Å². The van der Waals surface area contributed by atoms with Crippen LogP contribution in [-0.2, 0) is 9.47 Å². The van der Waals surface area contributed by atoms with Gasteiger partial charge in [0.2, 0.25) is 0 Å². The lowest BCUT2D eigenvalue weighted by Crippen LogP contribution is -2.39. The Morgan fingerprint density at radius 2 is 1.94 bits per heavy atom. The quantitative estimate of drug-likeness (QED) is 0.730. The van der Waals surface area contributed by atoms with Gasteiger partial charge >= 0.3 is 12.4 Å². The van der Waals surface area contributed by atoms with E-state index in [2.05, 4.69) is 4.74 Å².